The van der Waals surface area contributed by atoms with Gasteiger partial charge in [-0.05, 0) is 57.8 Å². The van der Waals surface area contributed by atoms with Crippen molar-refractivity contribution in [2.75, 3.05) is 19.6 Å². The van der Waals surface area contributed by atoms with E-state index in [0.29, 0.717) is 0 Å². The summed E-state index contributed by atoms with van der Waals surface area (Å²) >= 11 is 0. The van der Waals surface area contributed by atoms with Gasteiger partial charge in [0.15, 0.2) is 0 Å². The highest BCUT2D eigenvalue weighted by Gasteiger charge is 2.35. The van der Waals surface area contributed by atoms with E-state index in [9.17, 15) is 5.26 Å². The highest BCUT2D eigenvalue weighted by atomic mass is 15.1. The third-order valence-electron chi connectivity index (χ3n) is 4.10. The molecule has 0 aromatic heterocycles. The van der Waals surface area contributed by atoms with E-state index in [1.807, 2.05) is 19.1 Å². The summed E-state index contributed by atoms with van der Waals surface area (Å²) < 4.78 is 0. The Labute approximate surface area is 118 Å². The summed E-state index contributed by atoms with van der Waals surface area (Å²) in [5.41, 5.74) is 0.929. The highest BCUT2D eigenvalue weighted by molar-refractivity contribution is 5.29. The molecule has 0 radical (unpaired) electrons. The minimum Gasteiger partial charge on any atom is -0.304 e. The Morgan fingerprint density at radius 1 is 1.42 bits per heavy atom. The first-order valence-corrected chi connectivity index (χ1v) is 7.29. The Morgan fingerprint density at radius 3 is 2.79 bits per heavy atom. The lowest BCUT2D eigenvalue weighted by atomic mass is 9.74. The van der Waals surface area contributed by atoms with Crippen LogP contribution in [-0.2, 0) is 0 Å². The molecular formula is C17H26N2. The minimum atomic E-state index is -0.294. The molecule has 0 saturated carbocycles. The smallest absolute Gasteiger partial charge is 0.0801 e. The van der Waals surface area contributed by atoms with Crippen LogP contribution < -0.4 is 0 Å². The van der Waals surface area contributed by atoms with Gasteiger partial charge in [0.2, 0.25) is 0 Å². The van der Waals surface area contributed by atoms with Gasteiger partial charge >= 0.3 is 0 Å². The van der Waals surface area contributed by atoms with Crippen molar-refractivity contribution in [2.45, 2.75) is 39.5 Å². The number of nitrogens with zero attached hydrogens (tertiary/aromatic N) is 2. The van der Waals surface area contributed by atoms with Crippen molar-refractivity contribution in [2.24, 2.45) is 5.41 Å². The Hall–Kier alpha value is -1.33. The van der Waals surface area contributed by atoms with Gasteiger partial charge in [0.05, 0.1) is 11.5 Å². The number of nitriles is 1. The van der Waals surface area contributed by atoms with Crippen LogP contribution in [0.1, 0.15) is 39.5 Å². The summed E-state index contributed by atoms with van der Waals surface area (Å²) in [6, 6.07) is 2.62. The second kappa shape index (κ2) is 7.96. The zero-order valence-corrected chi connectivity index (χ0v) is 12.4. The molecule has 1 aliphatic heterocycles. The molecule has 0 aromatic rings. The summed E-state index contributed by atoms with van der Waals surface area (Å²) in [6.45, 7) is 11.2. The van der Waals surface area contributed by atoms with E-state index >= 15 is 0 Å². The van der Waals surface area contributed by atoms with Gasteiger partial charge in [-0.25, -0.2) is 0 Å². The van der Waals surface area contributed by atoms with Gasteiger partial charge in [0.1, 0.15) is 0 Å². The Kier molecular flexibility index (Phi) is 6.59. The molecule has 1 unspecified atom stereocenters. The zero-order valence-electron chi connectivity index (χ0n) is 12.4. The molecular weight excluding hydrogens is 232 g/mol. The van der Waals surface area contributed by atoms with E-state index in [1.165, 1.54) is 5.57 Å². The standard InChI is InChI=1S/C17H26N2/c1-4-7-10-16(9-5-2)17(15-18)11-8-13-19(6-3)14-12-17/h4-5,7,9H,2,6,8,10-14H2,1,3H3/b7-4-,16-9+. The van der Waals surface area contributed by atoms with Crippen molar-refractivity contribution in [3.05, 3.63) is 36.5 Å². The molecule has 0 bridgehead atoms. The van der Waals surface area contributed by atoms with Crippen LogP contribution in [0.15, 0.2) is 36.5 Å². The van der Waals surface area contributed by atoms with Crippen molar-refractivity contribution < 1.29 is 0 Å². The van der Waals surface area contributed by atoms with Crippen LogP contribution in [0.4, 0.5) is 0 Å². The first-order chi connectivity index (χ1) is 9.22. The van der Waals surface area contributed by atoms with Crippen molar-refractivity contribution in [3.63, 3.8) is 0 Å². The van der Waals surface area contributed by atoms with Crippen LogP contribution in [0.5, 0.6) is 0 Å². The largest absolute Gasteiger partial charge is 0.304 e. The Balaban J connectivity index is 2.97. The Bertz CT molecular complexity index is 387. The van der Waals surface area contributed by atoms with Gasteiger partial charge in [-0.15, -0.1) is 0 Å². The summed E-state index contributed by atoms with van der Waals surface area (Å²) in [4.78, 5) is 2.44. The third-order valence-corrected chi connectivity index (χ3v) is 4.10. The molecule has 1 aliphatic rings. The summed E-state index contributed by atoms with van der Waals surface area (Å²) in [7, 11) is 0. The fourth-order valence-electron chi connectivity index (χ4n) is 2.82. The molecule has 0 amide bonds. The number of likely N-dealkylation sites (tertiary alicyclic amines) is 1. The average Bonchev–Trinajstić information content (AvgIpc) is 2.66. The maximum atomic E-state index is 9.75. The van der Waals surface area contributed by atoms with Crippen molar-refractivity contribution in [1.82, 2.24) is 4.90 Å². The monoisotopic (exact) mass is 258 g/mol. The number of allylic oxidation sites excluding steroid dienone is 5. The second-order valence-electron chi connectivity index (χ2n) is 5.18. The van der Waals surface area contributed by atoms with Crippen LogP contribution in [0.25, 0.3) is 0 Å². The topological polar surface area (TPSA) is 27.0 Å². The molecule has 1 rings (SSSR count). The SMILES string of the molecule is C=C/C=C(\C/C=C\C)C1(C#N)CCCN(CC)CC1. The van der Waals surface area contributed by atoms with Gasteiger partial charge in [-0.3, -0.25) is 0 Å². The third kappa shape index (κ3) is 4.08. The van der Waals surface area contributed by atoms with Crippen molar-refractivity contribution >= 4 is 0 Å². The molecule has 1 saturated heterocycles. The number of hydrogen-bond donors (Lipinski definition) is 0. The van der Waals surface area contributed by atoms with E-state index < -0.39 is 0 Å². The van der Waals surface area contributed by atoms with E-state index in [0.717, 1.165) is 45.3 Å². The first-order valence-electron chi connectivity index (χ1n) is 7.29. The molecule has 0 spiro atoms. The van der Waals surface area contributed by atoms with E-state index in [2.05, 4.69) is 36.6 Å². The fourth-order valence-corrected chi connectivity index (χ4v) is 2.82. The lowest BCUT2D eigenvalue weighted by Gasteiger charge is -2.28. The molecule has 1 heterocycles. The molecule has 2 heteroatoms. The van der Waals surface area contributed by atoms with E-state index in [4.69, 9.17) is 0 Å². The van der Waals surface area contributed by atoms with Crippen LogP contribution in [0.3, 0.4) is 0 Å². The summed E-state index contributed by atoms with van der Waals surface area (Å²) in [5.74, 6) is 0. The maximum Gasteiger partial charge on any atom is 0.0801 e. The average molecular weight is 258 g/mol. The minimum absolute atomic E-state index is 0.294. The lowest BCUT2D eigenvalue weighted by Crippen LogP contribution is -2.27. The fraction of sp³-hybridized carbons (Fsp3) is 0.588. The maximum absolute atomic E-state index is 9.75. The number of hydrogen-bond acceptors (Lipinski definition) is 2. The van der Waals surface area contributed by atoms with Crippen LogP contribution in [-0.4, -0.2) is 24.5 Å². The van der Waals surface area contributed by atoms with Crippen molar-refractivity contribution in [3.8, 4) is 6.07 Å². The van der Waals surface area contributed by atoms with Crippen LogP contribution in [0, 0.1) is 16.7 Å². The first kappa shape index (κ1) is 15.7. The molecule has 1 fully saturated rings. The molecule has 0 aliphatic carbocycles. The van der Waals surface area contributed by atoms with Gasteiger partial charge in [-0.2, -0.15) is 5.26 Å². The molecule has 0 N–H and O–H groups in total. The lowest BCUT2D eigenvalue weighted by molar-refractivity contribution is 0.291. The molecule has 19 heavy (non-hydrogen) atoms. The summed E-state index contributed by atoms with van der Waals surface area (Å²) in [6.07, 6.45) is 11.9. The predicted molar refractivity (Wildman–Crippen MR) is 81.7 cm³/mol. The molecule has 0 aromatic carbocycles. The van der Waals surface area contributed by atoms with Gasteiger partial charge in [-0.1, -0.05) is 37.8 Å². The van der Waals surface area contributed by atoms with Gasteiger partial charge in [0, 0.05) is 0 Å². The zero-order chi connectivity index (χ0) is 14.1. The van der Waals surface area contributed by atoms with Crippen molar-refractivity contribution in [1.29, 1.82) is 5.26 Å². The van der Waals surface area contributed by atoms with Crippen LogP contribution in [0.2, 0.25) is 0 Å². The molecule has 2 nitrogen and oxygen atoms in total. The molecule has 1 atom stereocenters. The van der Waals surface area contributed by atoms with Crippen LogP contribution >= 0.6 is 0 Å². The summed E-state index contributed by atoms with van der Waals surface area (Å²) in [5, 5.41) is 9.75. The van der Waals surface area contributed by atoms with E-state index in [-0.39, 0.29) is 5.41 Å². The Morgan fingerprint density at radius 2 is 2.21 bits per heavy atom. The highest BCUT2D eigenvalue weighted by Crippen LogP contribution is 2.40. The predicted octanol–water partition coefficient (Wildman–Crippen LogP) is 4.08. The number of rotatable bonds is 5. The van der Waals surface area contributed by atoms with Gasteiger partial charge in [0.25, 0.3) is 0 Å². The van der Waals surface area contributed by atoms with Gasteiger partial charge < -0.3 is 4.90 Å². The van der Waals surface area contributed by atoms with E-state index in [1.54, 1.807) is 0 Å². The second-order valence-corrected chi connectivity index (χ2v) is 5.18. The normalized spacial score (nSPS) is 26.1. The quantitative estimate of drug-likeness (QED) is 0.549. The molecule has 104 valence electrons.